The fraction of sp³-hybridized carbons (Fsp3) is 1.00. The summed E-state index contributed by atoms with van der Waals surface area (Å²) >= 11 is 0. The molecule has 0 radical (unpaired) electrons. The molecule has 0 amide bonds. The summed E-state index contributed by atoms with van der Waals surface area (Å²) in [7, 11) is 0. The molecule has 0 aliphatic carbocycles. The fourth-order valence-corrected chi connectivity index (χ4v) is 0.912. The molecule has 2 nitrogen and oxygen atoms in total. The summed E-state index contributed by atoms with van der Waals surface area (Å²) in [5.41, 5.74) is 0. The van der Waals surface area contributed by atoms with Crippen molar-refractivity contribution in [2.45, 2.75) is 41.5 Å². The second-order valence-corrected chi connectivity index (χ2v) is 5.30. The van der Waals surface area contributed by atoms with Gasteiger partial charge in [-0.05, 0) is 23.7 Å². The molecule has 2 unspecified atom stereocenters. The van der Waals surface area contributed by atoms with Gasteiger partial charge in [0.2, 0.25) is 0 Å². The van der Waals surface area contributed by atoms with Crippen molar-refractivity contribution >= 4 is 0 Å². The van der Waals surface area contributed by atoms with E-state index in [9.17, 15) is 0 Å². The van der Waals surface area contributed by atoms with Crippen molar-refractivity contribution in [3.05, 3.63) is 0 Å². The van der Waals surface area contributed by atoms with Gasteiger partial charge in [0.15, 0.2) is 0 Å². The molecule has 0 aromatic carbocycles. The summed E-state index contributed by atoms with van der Waals surface area (Å²) in [6.07, 6.45) is 0. The first-order chi connectivity index (χ1) is 6.95. The predicted octanol–water partition coefficient (Wildman–Crippen LogP) is 3.56. The van der Waals surface area contributed by atoms with Crippen LogP contribution in [0.5, 0.6) is 0 Å². The van der Waals surface area contributed by atoms with Crippen LogP contribution < -0.4 is 0 Å². The van der Waals surface area contributed by atoms with Crippen LogP contribution in [0.15, 0.2) is 0 Å². The molecule has 0 heterocycles. The highest BCUT2D eigenvalue weighted by atomic mass is 16.7. The average Bonchev–Trinajstić information content (AvgIpc) is 2.16. The highest BCUT2D eigenvalue weighted by molar-refractivity contribution is 4.55. The third kappa shape index (κ3) is 7.80. The molecule has 0 aliphatic heterocycles. The van der Waals surface area contributed by atoms with E-state index >= 15 is 0 Å². The van der Waals surface area contributed by atoms with E-state index in [1.807, 2.05) is 0 Å². The van der Waals surface area contributed by atoms with E-state index in [4.69, 9.17) is 9.47 Å². The Morgan fingerprint density at radius 2 is 1.00 bits per heavy atom. The molecule has 15 heavy (non-hydrogen) atoms. The van der Waals surface area contributed by atoms with Crippen molar-refractivity contribution in [3.8, 4) is 0 Å². The van der Waals surface area contributed by atoms with Crippen LogP contribution in [0.3, 0.4) is 0 Å². The number of hydrogen-bond acceptors (Lipinski definition) is 2. The number of ether oxygens (including phenoxy) is 2. The lowest BCUT2D eigenvalue weighted by Gasteiger charge is -2.17. The molecule has 92 valence electrons. The van der Waals surface area contributed by atoms with Gasteiger partial charge >= 0.3 is 0 Å². The van der Waals surface area contributed by atoms with Crippen LogP contribution in [0, 0.1) is 23.7 Å². The minimum atomic E-state index is 0.439. The second-order valence-electron chi connectivity index (χ2n) is 5.30. The van der Waals surface area contributed by atoms with Gasteiger partial charge in [-0.1, -0.05) is 41.5 Å². The van der Waals surface area contributed by atoms with Gasteiger partial charge in [-0.25, -0.2) is 0 Å². The predicted molar refractivity (Wildman–Crippen MR) is 64.8 cm³/mol. The van der Waals surface area contributed by atoms with Gasteiger partial charge in [-0.15, -0.1) is 0 Å². The zero-order chi connectivity index (χ0) is 11.8. The Kier molecular flexibility index (Phi) is 8.07. The van der Waals surface area contributed by atoms with E-state index in [-0.39, 0.29) is 0 Å². The maximum Gasteiger partial charge on any atom is 0.146 e. The lowest BCUT2D eigenvalue weighted by atomic mass is 9.99. The van der Waals surface area contributed by atoms with Crippen molar-refractivity contribution in [2.24, 2.45) is 23.7 Å². The average molecular weight is 216 g/mol. The molecule has 2 heteroatoms. The molecule has 0 fully saturated rings. The summed E-state index contributed by atoms with van der Waals surface area (Å²) in [5, 5.41) is 0. The molecule has 0 aromatic heterocycles. The van der Waals surface area contributed by atoms with Crippen LogP contribution in [0.1, 0.15) is 41.5 Å². The number of rotatable bonds is 8. The SMILES string of the molecule is CC(C)C(C)COCOCC(C)C(C)C. The first-order valence-electron chi connectivity index (χ1n) is 6.10. The Balaban J connectivity index is 3.32. The Morgan fingerprint density at radius 1 is 0.667 bits per heavy atom. The highest BCUT2D eigenvalue weighted by Crippen LogP contribution is 2.11. The smallest absolute Gasteiger partial charge is 0.146 e. The summed E-state index contributed by atoms with van der Waals surface area (Å²) in [4.78, 5) is 0. The Morgan fingerprint density at radius 3 is 1.27 bits per heavy atom. The van der Waals surface area contributed by atoms with Crippen molar-refractivity contribution in [3.63, 3.8) is 0 Å². The molecule has 0 aromatic rings. The molecule has 0 spiro atoms. The third-order valence-corrected chi connectivity index (χ3v) is 3.20. The van der Waals surface area contributed by atoms with Gasteiger partial charge in [-0.2, -0.15) is 0 Å². The summed E-state index contributed by atoms with van der Waals surface area (Å²) in [6, 6.07) is 0. The molecule has 2 atom stereocenters. The Hall–Kier alpha value is -0.0800. The summed E-state index contributed by atoms with van der Waals surface area (Å²) < 4.78 is 10.9. The van der Waals surface area contributed by atoms with Crippen LogP contribution in [0.4, 0.5) is 0 Å². The van der Waals surface area contributed by atoms with E-state index in [1.54, 1.807) is 0 Å². The van der Waals surface area contributed by atoms with Crippen LogP contribution >= 0.6 is 0 Å². The van der Waals surface area contributed by atoms with Gasteiger partial charge in [0.1, 0.15) is 6.79 Å². The molecule has 0 saturated heterocycles. The first-order valence-corrected chi connectivity index (χ1v) is 6.10. The first kappa shape index (κ1) is 14.9. The minimum Gasteiger partial charge on any atom is -0.355 e. The van der Waals surface area contributed by atoms with Gasteiger partial charge in [-0.3, -0.25) is 0 Å². The highest BCUT2D eigenvalue weighted by Gasteiger charge is 2.08. The van der Waals surface area contributed by atoms with Crippen LogP contribution in [0.25, 0.3) is 0 Å². The third-order valence-electron chi connectivity index (χ3n) is 3.20. The monoisotopic (exact) mass is 216 g/mol. The van der Waals surface area contributed by atoms with Crippen LogP contribution in [0.2, 0.25) is 0 Å². The quantitative estimate of drug-likeness (QED) is 0.456. The fourth-order valence-electron chi connectivity index (χ4n) is 0.912. The lowest BCUT2D eigenvalue weighted by molar-refractivity contribution is -0.0778. The molecule has 0 aliphatic rings. The largest absolute Gasteiger partial charge is 0.355 e. The minimum absolute atomic E-state index is 0.439. The summed E-state index contributed by atoms with van der Waals surface area (Å²) in [5.74, 6) is 2.58. The van der Waals surface area contributed by atoms with E-state index in [0.29, 0.717) is 30.5 Å². The Bertz CT molecular complexity index is 127. The molecular formula is C13H28O2. The van der Waals surface area contributed by atoms with Crippen LogP contribution in [-0.4, -0.2) is 20.0 Å². The zero-order valence-electron chi connectivity index (χ0n) is 11.2. The van der Waals surface area contributed by atoms with E-state index in [1.165, 1.54) is 0 Å². The van der Waals surface area contributed by atoms with Gasteiger partial charge in [0.05, 0.1) is 13.2 Å². The number of hydrogen-bond donors (Lipinski definition) is 0. The molecule has 0 rings (SSSR count). The van der Waals surface area contributed by atoms with Gasteiger partial charge < -0.3 is 9.47 Å². The van der Waals surface area contributed by atoms with Crippen molar-refractivity contribution in [1.82, 2.24) is 0 Å². The van der Waals surface area contributed by atoms with Crippen molar-refractivity contribution in [2.75, 3.05) is 20.0 Å². The molecule has 0 bridgehead atoms. The molecular weight excluding hydrogens is 188 g/mol. The second kappa shape index (κ2) is 8.12. The summed E-state index contributed by atoms with van der Waals surface area (Å²) in [6.45, 7) is 15.3. The van der Waals surface area contributed by atoms with Crippen molar-refractivity contribution in [1.29, 1.82) is 0 Å². The maximum atomic E-state index is 5.46. The lowest BCUT2D eigenvalue weighted by Crippen LogP contribution is -2.17. The Labute approximate surface area is 95.3 Å². The van der Waals surface area contributed by atoms with Crippen LogP contribution in [-0.2, 0) is 9.47 Å². The van der Waals surface area contributed by atoms with Crippen molar-refractivity contribution < 1.29 is 9.47 Å². The van der Waals surface area contributed by atoms with Gasteiger partial charge in [0.25, 0.3) is 0 Å². The zero-order valence-corrected chi connectivity index (χ0v) is 11.2. The molecule has 0 saturated carbocycles. The standard InChI is InChI=1S/C13H28O2/c1-10(2)12(5)7-14-9-15-8-13(6)11(3)4/h10-13H,7-9H2,1-6H3. The topological polar surface area (TPSA) is 18.5 Å². The maximum absolute atomic E-state index is 5.46. The van der Waals surface area contributed by atoms with E-state index in [0.717, 1.165) is 13.2 Å². The van der Waals surface area contributed by atoms with Gasteiger partial charge in [0, 0.05) is 0 Å². The molecule has 0 N–H and O–H groups in total. The normalized spacial score (nSPS) is 16.0. The van der Waals surface area contributed by atoms with E-state index in [2.05, 4.69) is 41.5 Å². The van der Waals surface area contributed by atoms with E-state index < -0.39 is 0 Å².